The summed E-state index contributed by atoms with van der Waals surface area (Å²) in [6.45, 7) is 2.22. The molecule has 0 aromatic heterocycles. The normalized spacial score (nSPS) is 35.4. The van der Waals surface area contributed by atoms with Gasteiger partial charge in [0, 0.05) is 12.3 Å². The van der Waals surface area contributed by atoms with E-state index in [1.54, 1.807) is 0 Å². The van der Waals surface area contributed by atoms with E-state index in [1.165, 1.54) is 32.1 Å². The van der Waals surface area contributed by atoms with Gasteiger partial charge in [-0.25, -0.2) is 0 Å². The Bertz CT molecular complexity index is 181. The van der Waals surface area contributed by atoms with Crippen LogP contribution >= 0.6 is 0 Å². The molecule has 1 heteroatoms. The molecule has 2 aliphatic carbocycles. The van der Waals surface area contributed by atoms with Crippen molar-refractivity contribution >= 4 is 5.78 Å². The Labute approximate surface area is 74.5 Å². The number of ketones is 1. The zero-order chi connectivity index (χ0) is 8.55. The summed E-state index contributed by atoms with van der Waals surface area (Å²) < 4.78 is 0. The number of carbonyl (C=O) groups excluding carboxylic acids is 1. The molecule has 0 bridgehead atoms. The minimum Gasteiger partial charge on any atom is -0.299 e. The number of hydrogen-bond donors (Lipinski definition) is 0. The molecule has 1 nitrogen and oxygen atoms in total. The highest BCUT2D eigenvalue weighted by molar-refractivity contribution is 5.82. The summed E-state index contributed by atoms with van der Waals surface area (Å²) in [5.74, 6) is 2.48. The van der Waals surface area contributed by atoms with Crippen molar-refractivity contribution in [2.24, 2.45) is 17.8 Å². The smallest absolute Gasteiger partial charge is 0.136 e. The molecule has 2 rings (SSSR count). The Balaban J connectivity index is 1.75. The van der Waals surface area contributed by atoms with Crippen LogP contribution in [0.15, 0.2) is 0 Å². The SMILES string of the molecule is CC1CCC1C(=O)CC1CCC1. The molecule has 0 N–H and O–H groups in total. The molecule has 2 saturated carbocycles. The van der Waals surface area contributed by atoms with Crippen LogP contribution in [0.5, 0.6) is 0 Å². The van der Waals surface area contributed by atoms with Crippen molar-refractivity contribution in [1.29, 1.82) is 0 Å². The molecular formula is C11H18O. The predicted octanol–water partition coefficient (Wildman–Crippen LogP) is 2.79. The van der Waals surface area contributed by atoms with E-state index in [-0.39, 0.29) is 0 Å². The van der Waals surface area contributed by atoms with Crippen LogP contribution in [0.2, 0.25) is 0 Å². The fraction of sp³-hybridized carbons (Fsp3) is 0.909. The van der Waals surface area contributed by atoms with Gasteiger partial charge in [-0.3, -0.25) is 4.79 Å². The summed E-state index contributed by atoms with van der Waals surface area (Å²) in [7, 11) is 0. The maximum atomic E-state index is 11.6. The third-order valence-corrected chi connectivity index (χ3v) is 3.75. The quantitative estimate of drug-likeness (QED) is 0.630. The summed E-state index contributed by atoms with van der Waals surface area (Å²) in [6, 6.07) is 0. The number of hydrogen-bond acceptors (Lipinski definition) is 1. The van der Waals surface area contributed by atoms with Gasteiger partial charge >= 0.3 is 0 Å². The van der Waals surface area contributed by atoms with Crippen LogP contribution in [-0.4, -0.2) is 5.78 Å². The molecule has 0 aromatic carbocycles. The average Bonchev–Trinajstić information content (AvgIpc) is 1.94. The minimum atomic E-state index is 0.450. The van der Waals surface area contributed by atoms with Crippen LogP contribution < -0.4 is 0 Å². The Morgan fingerprint density at radius 3 is 2.33 bits per heavy atom. The molecule has 0 amide bonds. The van der Waals surface area contributed by atoms with Crippen LogP contribution in [0.1, 0.15) is 45.4 Å². The molecule has 0 spiro atoms. The van der Waals surface area contributed by atoms with Gasteiger partial charge in [-0.2, -0.15) is 0 Å². The van der Waals surface area contributed by atoms with Crippen molar-refractivity contribution in [1.82, 2.24) is 0 Å². The summed E-state index contributed by atoms with van der Waals surface area (Å²) in [5.41, 5.74) is 0. The first-order valence-electron chi connectivity index (χ1n) is 5.30. The van der Waals surface area contributed by atoms with Gasteiger partial charge in [0.1, 0.15) is 5.78 Å². The molecule has 2 aliphatic rings. The Kier molecular flexibility index (Phi) is 2.20. The van der Waals surface area contributed by atoms with Gasteiger partial charge < -0.3 is 0 Å². The highest BCUT2D eigenvalue weighted by atomic mass is 16.1. The molecule has 0 aliphatic heterocycles. The number of carbonyl (C=O) groups is 1. The molecule has 0 saturated heterocycles. The zero-order valence-electron chi connectivity index (χ0n) is 7.88. The van der Waals surface area contributed by atoms with Crippen molar-refractivity contribution in [3.8, 4) is 0 Å². The van der Waals surface area contributed by atoms with Crippen LogP contribution in [0.4, 0.5) is 0 Å². The third-order valence-electron chi connectivity index (χ3n) is 3.75. The highest BCUT2D eigenvalue weighted by Crippen LogP contribution is 2.38. The average molecular weight is 166 g/mol. The van der Waals surface area contributed by atoms with E-state index < -0.39 is 0 Å². The summed E-state index contributed by atoms with van der Waals surface area (Å²) in [5, 5.41) is 0. The third kappa shape index (κ3) is 1.41. The molecule has 68 valence electrons. The van der Waals surface area contributed by atoms with Gasteiger partial charge in [0.15, 0.2) is 0 Å². The van der Waals surface area contributed by atoms with Gasteiger partial charge in [0.05, 0.1) is 0 Å². The summed E-state index contributed by atoms with van der Waals surface area (Å²) in [4.78, 5) is 11.6. The standard InChI is InChI=1S/C11H18O/c1-8-5-6-10(8)11(12)7-9-3-2-4-9/h8-10H,2-7H2,1H3. The Morgan fingerprint density at radius 1 is 1.25 bits per heavy atom. The minimum absolute atomic E-state index is 0.450. The summed E-state index contributed by atoms with van der Waals surface area (Å²) in [6.07, 6.45) is 7.33. The van der Waals surface area contributed by atoms with Crippen molar-refractivity contribution in [3.05, 3.63) is 0 Å². The molecule has 0 aromatic rings. The molecule has 12 heavy (non-hydrogen) atoms. The van der Waals surface area contributed by atoms with E-state index in [0.29, 0.717) is 17.6 Å². The van der Waals surface area contributed by atoms with Crippen LogP contribution in [0.3, 0.4) is 0 Å². The van der Waals surface area contributed by atoms with Gasteiger partial charge in [-0.05, 0) is 24.7 Å². The largest absolute Gasteiger partial charge is 0.299 e. The van der Waals surface area contributed by atoms with E-state index >= 15 is 0 Å². The first-order valence-corrected chi connectivity index (χ1v) is 5.30. The monoisotopic (exact) mass is 166 g/mol. The maximum Gasteiger partial charge on any atom is 0.136 e. The Morgan fingerprint density at radius 2 is 2.00 bits per heavy atom. The lowest BCUT2D eigenvalue weighted by Crippen LogP contribution is -2.32. The molecule has 0 heterocycles. The van der Waals surface area contributed by atoms with Crippen molar-refractivity contribution in [2.45, 2.75) is 45.4 Å². The van der Waals surface area contributed by atoms with Gasteiger partial charge in [-0.1, -0.05) is 26.2 Å². The lowest BCUT2D eigenvalue weighted by Gasteiger charge is -2.34. The van der Waals surface area contributed by atoms with Crippen molar-refractivity contribution < 1.29 is 4.79 Å². The van der Waals surface area contributed by atoms with Gasteiger partial charge in [-0.15, -0.1) is 0 Å². The summed E-state index contributed by atoms with van der Waals surface area (Å²) >= 11 is 0. The van der Waals surface area contributed by atoms with E-state index in [1.807, 2.05) is 0 Å². The second kappa shape index (κ2) is 3.20. The van der Waals surface area contributed by atoms with Crippen molar-refractivity contribution in [2.75, 3.05) is 0 Å². The highest BCUT2D eigenvalue weighted by Gasteiger charge is 2.34. The fourth-order valence-corrected chi connectivity index (χ4v) is 2.28. The first-order chi connectivity index (χ1) is 5.77. The van der Waals surface area contributed by atoms with Gasteiger partial charge in [0.2, 0.25) is 0 Å². The van der Waals surface area contributed by atoms with Crippen LogP contribution in [0.25, 0.3) is 0 Å². The molecule has 2 atom stereocenters. The molecule has 2 unspecified atom stereocenters. The predicted molar refractivity (Wildman–Crippen MR) is 48.9 cm³/mol. The maximum absolute atomic E-state index is 11.6. The van der Waals surface area contributed by atoms with Crippen LogP contribution in [0, 0.1) is 17.8 Å². The molecular weight excluding hydrogens is 148 g/mol. The lowest BCUT2D eigenvalue weighted by molar-refractivity contribution is -0.129. The Hall–Kier alpha value is -0.330. The van der Waals surface area contributed by atoms with E-state index in [0.717, 1.165) is 12.3 Å². The topological polar surface area (TPSA) is 17.1 Å². The number of rotatable bonds is 3. The lowest BCUT2D eigenvalue weighted by atomic mass is 9.69. The van der Waals surface area contributed by atoms with E-state index in [2.05, 4.69) is 6.92 Å². The second-order valence-electron chi connectivity index (χ2n) is 4.63. The first kappa shape index (κ1) is 8.28. The zero-order valence-corrected chi connectivity index (χ0v) is 7.88. The molecule has 0 radical (unpaired) electrons. The van der Waals surface area contributed by atoms with E-state index in [9.17, 15) is 4.79 Å². The fourth-order valence-electron chi connectivity index (χ4n) is 2.28. The van der Waals surface area contributed by atoms with Gasteiger partial charge in [0.25, 0.3) is 0 Å². The number of Topliss-reactive ketones (excluding diaryl/α,β-unsaturated/α-hetero) is 1. The van der Waals surface area contributed by atoms with E-state index in [4.69, 9.17) is 0 Å². The molecule has 2 fully saturated rings. The second-order valence-corrected chi connectivity index (χ2v) is 4.63. The van der Waals surface area contributed by atoms with Crippen molar-refractivity contribution in [3.63, 3.8) is 0 Å². The van der Waals surface area contributed by atoms with Crippen LogP contribution in [-0.2, 0) is 4.79 Å².